The molecule has 0 aliphatic rings. The zero-order chi connectivity index (χ0) is 13.5. The van der Waals surface area contributed by atoms with Crippen molar-refractivity contribution >= 4 is 21.6 Å². The normalized spacial score (nSPS) is 11.0. The number of alkyl halides is 2. The van der Waals surface area contributed by atoms with Crippen LogP contribution in [0.25, 0.3) is 0 Å². The van der Waals surface area contributed by atoms with Crippen molar-refractivity contribution in [1.82, 2.24) is 5.32 Å². The van der Waals surface area contributed by atoms with Crippen molar-refractivity contribution < 1.29 is 13.9 Å². The molecule has 3 nitrogen and oxygen atoms in total. The van der Waals surface area contributed by atoms with Crippen molar-refractivity contribution in [3.05, 3.63) is 28.2 Å². The Labute approximate surface area is 114 Å². The molecule has 0 fully saturated rings. The molecular weight excluding hydrogens is 306 g/mol. The van der Waals surface area contributed by atoms with Crippen LogP contribution in [0.15, 0.2) is 22.7 Å². The van der Waals surface area contributed by atoms with E-state index in [2.05, 4.69) is 21.2 Å². The van der Waals surface area contributed by atoms with Crippen molar-refractivity contribution in [2.24, 2.45) is 0 Å². The maximum absolute atomic E-state index is 12.5. The van der Waals surface area contributed by atoms with Gasteiger partial charge in [0.15, 0.2) is 0 Å². The molecule has 0 atom stereocenters. The van der Waals surface area contributed by atoms with Gasteiger partial charge in [0.25, 0.3) is 6.43 Å². The van der Waals surface area contributed by atoms with Gasteiger partial charge in [0.2, 0.25) is 0 Å². The smallest absolute Gasteiger partial charge is 0.255 e. The van der Waals surface area contributed by atoms with Crippen molar-refractivity contribution in [1.29, 1.82) is 0 Å². The van der Waals surface area contributed by atoms with E-state index in [4.69, 9.17) is 5.11 Å². The number of nitrogens with zero attached hydrogens (tertiary/aromatic N) is 1. The highest BCUT2D eigenvalue weighted by Gasteiger charge is 2.15. The third kappa shape index (κ3) is 4.51. The van der Waals surface area contributed by atoms with Crippen LogP contribution >= 0.6 is 15.9 Å². The van der Waals surface area contributed by atoms with Crippen LogP contribution in [0.2, 0.25) is 0 Å². The molecule has 0 saturated heterocycles. The summed E-state index contributed by atoms with van der Waals surface area (Å²) >= 11 is 3.38. The molecule has 0 heterocycles. The molecule has 102 valence electrons. The first-order valence-electron chi connectivity index (χ1n) is 5.65. The summed E-state index contributed by atoms with van der Waals surface area (Å²) in [6.07, 6.45) is -2.43. The Balaban J connectivity index is 2.90. The Hall–Kier alpha value is -0.720. The Morgan fingerprint density at radius 2 is 2.17 bits per heavy atom. The molecule has 0 aromatic heterocycles. The van der Waals surface area contributed by atoms with Crippen LogP contribution < -0.4 is 10.2 Å². The van der Waals surface area contributed by atoms with Gasteiger partial charge in [0.1, 0.15) is 0 Å². The van der Waals surface area contributed by atoms with E-state index < -0.39 is 6.43 Å². The zero-order valence-corrected chi connectivity index (χ0v) is 11.8. The molecule has 0 spiro atoms. The Kier molecular flexibility index (Phi) is 6.52. The Bertz CT molecular complexity index is 377. The molecule has 0 bridgehead atoms. The second-order valence-electron chi connectivity index (χ2n) is 3.88. The van der Waals surface area contributed by atoms with Gasteiger partial charge in [-0.25, -0.2) is 8.78 Å². The van der Waals surface area contributed by atoms with Crippen LogP contribution in [-0.2, 0) is 6.54 Å². The van der Waals surface area contributed by atoms with Crippen molar-refractivity contribution in [3.63, 3.8) is 0 Å². The standard InChI is InChI=1S/C12H17BrF2N2O/c1-16-7-9-2-3-11(10(13)6-9)17(4-5-18)8-12(14)15/h2-3,6,12,16,18H,4-5,7-8H2,1H3. The average molecular weight is 323 g/mol. The lowest BCUT2D eigenvalue weighted by atomic mass is 10.2. The lowest BCUT2D eigenvalue weighted by molar-refractivity contribution is 0.152. The predicted octanol–water partition coefficient (Wildman–Crippen LogP) is 2.23. The monoisotopic (exact) mass is 322 g/mol. The molecule has 2 N–H and O–H groups in total. The first kappa shape index (κ1) is 15.3. The van der Waals surface area contributed by atoms with Gasteiger partial charge in [0, 0.05) is 17.6 Å². The van der Waals surface area contributed by atoms with Gasteiger partial charge < -0.3 is 15.3 Å². The van der Waals surface area contributed by atoms with E-state index >= 15 is 0 Å². The van der Waals surface area contributed by atoms with Crippen LogP contribution in [0.3, 0.4) is 0 Å². The van der Waals surface area contributed by atoms with E-state index in [1.54, 1.807) is 6.07 Å². The molecule has 6 heteroatoms. The van der Waals surface area contributed by atoms with Gasteiger partial charge in [-0.2, -0.15) is 0 Å². The molecular formula is C12H17BrF2N2O. The van der Waals surface area contributed by atoms with E-state index in [9.17, 15) is 8.78 Å². The number of aliphatic hydroxyl groups is 1. The summed E-state index contributed by atoms with van der Waals surface area (Å²) in [5.41, 5.74) is 1.73. The minimum absolute atomic E-state index is 0.155. The molecule has 0 aliphatic heterocycles. The highest BCUT2D eigenvalue weighted by Crippen LogP contribution is 2.27. The highest BCUT2D eigenvalue weighted by atomic mass is 79.9. The van der Waals surface area contributed by atoms with Crippen LogP contribution in [-0.4, -0.2) is 38.3 Å². The van der Waals surface area contributed by atoms with Gasteiger partial charge in [-0.05, 0) is 40.7 Å². The minimum atomic E-state index is -2.43. The van der Waals surface area contributed by atoms with Gasteiger partial charge in [0.05, 0.1) is 18.8 Å². The average Bonchev–Trinajstić information content (AvgIpc) is 2.28. The van der Waals surface area contributed by atoms with Gasteiger partial charge in [-0.1, -0.05) is 6.07 Å². The third-order valence-corrected chi connectivity index (χ3v) is 3.10. The zero-order valence-electron chi connectivity index (χ0n) is 10.2. The predicted molar refractivity (Wildman–Crippen MR) is 72.2 cm³/mol. The van der Waals surface area contributed by atoms with Gasteiger partial charge in [-0.15, -0.1) is 0 Å². The lowest BCUT2D eigenvalue weighted by Crippen LogP contribution is -2.31. The molecule has 0 radical (unpaired) electrons. The highest BCUT2D eigenvalue weighted by molar-refractivity contribution is 9.10. The summed E-state index contributed by atoms with van der Waals surface area (Å²) in [5.74, 6) is 0. The van der Waals surface area contributed by atoms with Crippen LogP contribution in [0, 0.1) is 0 Å². The number of halogens is 3. The number of hydrogen-bond acceptors (Lipinski definition) is 3. The fourth-order valence-electron chi connectivity index (χ4n) is 1.72. The SMILES string of the molecule is CNCc1ccc(N(CCO)CC(F)F)c(Br)c1. The topological polar surface area (TPSA) is 35.5 Å². The van der Waals surface area contributed by atoms with Crippen molar-refractivity contribution in [3.8, 4) is 0 Å². The van der Waals surface area contributed by atoms with Crippen LogP contribution in [0.4, 0.5) is 14.5 Å². The summed E-state index contributed by atoms with van der Waals surface area (Å²) in [6, 6.07) is 5.56. The Morgan fingerprint density at radius 1 is 1.44 bits per heavy atom. The number of anilines is 1. The molecule has 1 rings (SSSR count). The number of aliphatic hydroxyl groups excluding tert-OH is 1. The van der Waals surface area contributed by atoms with Gasteiger partial charge >= 0.3 is 0 Å². The van der Waals surface area contributed by atoms with Crippen molar-refractivity contribution in [2.75, 3.05) is 31.6 Å². The summed E-state index contributed by atoms with van der Waals surface area (Å²) < 4.78 is 25.7. The van der Waals surface area contributed by atoms with E-state index in [0.29, 0.717) is 12.2 Å². The Morgan fingerprint density at radius 3 is 2.67 bits per heavy atom. The molecule has 1 aromatic carbocycles. The van der Waals surface area contributed by atoms with Crippen molar-refractivity contribution in [2.45, 2.75) is 13.0 Å². The van der Waals surface area contributed by atoms with Gasteiger partial charge in [-0.3, -0.25) is 0 Å². The quantitative estimate of drug-likeness (QED) is 0.808. The summed E-state index contributed by atoms with van der Waals surface area (Å²) in [6.45, 7) is 0.365. The minimum Gasteiger partial charge on any atom is -0.395 e. The fourth-order valence-corrected chi connectivity index (χ4v) is 2.40. The maximum Gasteiger partial charge on any atom is 0.255 e. The third-order valence-electron chi connectivity index (χ3n) is 2.46. The van der Waals surface area contributed by atoms with Crippen LogP contribution in [0.1, 0.15) is 5.56 Å². The number of nitrogens with one attached hydrogen (secondary N) is 1. The maximum atomic E-state index is 12.5. The summed E-state index contributed by atoms with van der Waals surface area (Å²) in [4.78, 5) is 1.47. The second kappa shape index (κ2) is 7.66. The first-order valence-corrected chi connectivity index (χ1v) is 6.44. The van der Waals surface area contributed by atoms with E-state index in [1.165, 1.54) is 4.90 Å². The number of benzene rings is 1. The second-order valence-corrected chi connectivity index (χ2v) is 4.73. The number of hydrogen-bond donors (Lipinski definition) is 2. The lowest BCUT2D eigenvalue weighted by Gasteiger charge is -2.25. The molecule has 1 aromatic rings. The molecule has 18 heavy (non-hydrogen) atoms. The van der Waals surface area contributed by atoms with E-state index in [0.717, 1.165) is 10.0 Å². The largest absolute Gasteiger partial charge is 0.395 e. The van der Waals surface area contributed by atoms with E-state index in [1.807, 2.05) is 19.2 Å². The molecule has 0 saturated carbocycles. The molecule has 0 aliphatic carbocycles. The molecule has 0 amide bonds. The molecule has 0 unspecified atom stereocenters. The van der Waals surface area contributed by atoms with Crippen LogP contribution in [0.5, 0.6) is 0 Å². The number of rotatable bonds is 7. The fraction of sp³-hybridized carbons (Fsp3) is 0.500. The summed E-state index contributed by atoms with van der Waals surface area (Å²) in [7, 11) is 1.84. The first-order chi connectivity index (χ1) is 8.58. The summed E-state index contributed by atoms with van der Waals surface area (Å²) in [5, 5.41) is 12.0. The van der Waals surface area contributed by atoms with E-state index in [-0.39, 0.29) is 19.7 Å².